The van der Waals surface area contributed by atoms with Gasteiger partial charge in [-0.05, 0) is 44.9 Å². The van der Waals surface area contributed by atoms with Crippen molar-refractivity contribution in [3.05, 3.63) is 24.3 Å². The lowest BCUT2D eigenvalue weighted by atomic mass is 9.78. The molecule has 0 aromatic rings. The number of ether oxygens (including phenoxy) is 1. The minimum Gasteiger partial charge on any atom is -0.481 e. The van der Waals surface area contributed by atoms with Gasteiger partial charge in [0.05, 0.1) is 12.2 Å². The normalized spacial score (nSPS) is 29.2. The van der Waals surface area contributed by atoms with Crippen molar-refractivity contribution in [3.63, 3.8) is 0 Å². The van der Waals surface area contributed by atoms with Crippen LogP contribution in [0.2, 0.25) is 0 Å². The van der Waals surface area contributed by atoms with E-state index < -0.39 is 5.97 Å². The molecule has 0 aromatic heterocycles. The lowest BCUT2D eigenvalue weighted by Gasteiger charge is -2.22. The number of carbonyl (C=O) groups is 1. The molecule has 2 rings (SSSR count). The summed E-state index contributed by atoms with van der Waals surface area (Å²) in [6.45, 7) is 2.25. The Hall–Kier alpha value is -1.09. The maximum atomic E-state index is 10.5. The molecule has 0 aromatic carbocycles. The second-order valence-corrected chi connectivity index (χ2v) is 7.29. The van der Waals surface area contributed by atoms with Crippen molar-refractivity contribution in [1.29, 1.82) is 0 Å². The highest BCUT2D eigenvalue weighted by atomic mass is 16.5. The molecule has 2 heterocycles. The lowest BCUT2D eigenvalue weighted by Crippen LogP contribution is -2.24. The van der Waals surface area contributed by atoms with Crippen molar-refractivity contribution in [2.45, 2.75) is 89.8 Å². The third-order valence-electron chi connectivity index (χ3n) is 5.34. The number of allylic oxidation sites excluding steroid dienone is 2. The SMILES string of the molecule is CCCCCC/C=C/[C@H]1[C@@H](/C=C\CCCCC(=O)O)[C@H]2CC[C@@H]1O2. The largest absolute Gasteiger partial charge is 0.481 e. The van der Waals surface area contributed by atoms with E-state index in [4.69, 9.17) is 9.84 Å². The monoisotopic (exact) mass is 334 g/mol. The molecule has 2 aliphatic heterocycles. The van der Waals surface area contributed by atoms with Gasteiger partial charge in [-0.2, -0.15) is 0 Å². The summed E-state index contributed by atoms with van der Waals surface area (Å²) < 4.78 is 6.12. The van der Waals surface area contributed by atoms with E-state index in [0.717, 1.165) is 19.3 Å². The van der Waals surface area contributed by atoms with Crippen molar-refractivity contribution in [1.82, 2.24) is 0 Å². The molecule has 4 atom stereocenters. The Bertz CT molecular complexity index is 427. The first kappa shape index (κ1) is 19.2. The molecule has 1 N–H and O–H groups in total. The minimum absolute atomic E-state index is 0.286. The molecule has 2 bridgehead atoms. The van der Waals surface area contributed by atoms with Gasteiger partial charge in [0.2, 0.25) is 0 Å². The third-order valence-corrected chi connectivity index (χ3v) is 5.34. The van der Waals surface area contributed by atoms with Crippen molar-refractivity contribution >= 4 is 5.97 Å². The predicted molar refractivity (Wildman–Crippen MR) is 98.0 cm³/mol. The predicted octanol–water partition coefficient (Wildman–Crippen LogP) is 5.51. The summed E-state index contributed by atoms with van der Waals surface area (Å²) in [4.78, 5) is 10.5. The molecule has 0 spiro atoms. The van der Waals surface area contributed by atoms with Gasteiger partial charge in [-0.25, -0.2) is 0 Å². The molecule has 0 aliphatic carbocycles. The van der Waals surface area contributed by atoms with Crippen LogP contribution in [0.3, 0.4) is 0 Å². The topological polar surface area (TPSA) is 46.5 Å². The summed E-state index contributed by atoms with van der Waals surface area (Å²) in [7, 11) is 0. The van der Waals surface area contributed by atoms with Gasteiger partial charge in [0.25, 0.3) is 0 Å². The van der Waals surface area contributed by atoms with Crippen LogP contribution in [-0.4, -0.2) is 23.3 Å². The molecular formula is C21H34O3. The zero-order chi connectivity index (χ0) is 17.2. The fourth-order valence-electron chi connectivity index (χ4n) is 3.99. The lowest BCUT2D eigenvalue weighted by molar-refractivity contribution is -0.137. The van der Waals surface area contributed by atoms with E-state index in [1.54, 1.807) is 0 Å². The van der Waals surface area contributed by atoms with Crippen molar-refractivity contribution in [2.24, 2.45) is 11.8 Å². The fourth-order valence-corrected chi connectivity index (χ4v) is 3.99. The van der Waals surface area contributed by atoms with Crippen LogP contribution in [0.4, 0.5) is 0 Å². The van der Waals surface area contributed by atoms with E-state index >= 15 is 0 Å². The minimum atomic E-state index is -0.690. The van der Waals surface area contributed by atoms with Crippen LogP contribution in [0.15, 0.2) is 24.3 Å². The van der Waals surface area contributed by atoms with Crippen LogP contribution in [-0.2, 0) is 9.53 Å². The number of unbranched alkanes of at least 4 members (excludes halogenated alkanes) is 6. The Morgan fingerprint density at radius 3 is 2.08 bits per heavy atom. The van der Waals surface area contributed by atoms with Crippen LogP contribution in [0.1, 0.15) is 77.6 Å². The summed E-state index contributed by atoms with van der Waals surface area (Å²) in [6, 6.07) is 0. The molecule has 2 fully saturated rings. The summed E-state index contributed by atoms with van der Waals surface area (Å²) >= 11 is 0. The van der Waals surface area contributed by atoms with Crippen molar-refractivity contribution < 1.29 is 14.6 Å². The first-order valence-electron chi connectivity index (χ1n) is 9.93. The van der Waals surface area contributed by atoms with E-state index in [-0.39, 0.29) is 6.42 Å². The van der Waals surface area contributed by atoms with Gasteiger partial charge < -0.3 is 9.84 Å². The van der Waals surface area contributed by atoms with Gasteiger partial charge in [-0.3, -0.25) is 4.79 Å². The molecule has 0 saturated carbocycles. The van der Waals surface area contributed by atoms with E-state index in [1.165, 1.54) is 44.9 Å². The molecule has 0 radical (unpaired) electrons. The van der Waals surface area contributed by atoms with Crippen LogP contribution in [0.25, 0.3) is 0 Å². The van der Waals surface area contributed by atoms with E-state index in [0.29, 0.717) is 24.0 Å². The summed E-state index contributed by atoms with van der Waals surface area (Å²) in [5.74, 6) is 0.380. The molecule has 2 aliphatic rings. The number of carboxylic acid groups (broad SMARTS) is 1. The maximum absolute atomic E-state index is 10.5. The van der Waals surface area contributed by atoms with E-state index in [2.05, 4.69) is 31.2 Å². The van der Waals surface area contributed by atoms with Gasteiger partial charge in [0.15, 0.2) is 0 Å². The standard InChI is InChI=1S/C21H34O3/c1-2-3-4-5-6-9-12-17-18(20-16-15-19(17)24-20)13-10-7-8-11-14-21(22)23/h9-10,12-13,17-20H,2-8,11,14-16H2,1H3,(H,22,23)/b12-9+,13-10-/t17-,18+,19-,20+/m0/s1. The molecule has 3 heteroatoms. The zero-order valence-corrected chi connectivity index (χ0v) is 15.2. The van der Waals surface area contributed by atoms with Gasteiger partial charge >= 0.3 is 5.97 Å². The average molecular weight is 335 g/mol. The summed E-state index contributed by atoms with van der Waals surface area (Å²) in [5.41, 5.74) is 0. The number of rotatable bonds is 12. The third kappa shape index (κ3) is 6.08. The zero-order valence-electron chi connectivity index (χ0n) is 15.2. The van der Waals surface area contributed by atoms with Crippen molar-refractivity contribution in [3.8, 4) is 0 Å². The van der Waals surface area contributed by atoms with Gasteiger partial charge in [-0.1, -0.05) is 50.5 Å². The number of fused-ring (bicyclic) bond motifs is 2. The highest BCUT2D eigenvalue weighted by Crippen LogP contribution is 2.44. The van der Waals surface area contributed by atoms with Crippen LogP contribution >= 0.6 is 0 Å². The van der Waals surface area contributed by atoms with Gasteiger partial charge in [0, 0.05) is 18.3 Å². The first-order valence-corrected chi connectivity index (χ1v) is 9.93. The molecule has 3 nitrogen and oxygen atoms in total. The Morgan fingerprint density at radius 2 is 1.54 bits per heavy atom. The summed E-state index contributed by atoms with van der Waals surface area (Å²) in [6.07, 6.45) is 22.1. The Labute approximate surface area is 147 Å². The maximum Gasteiger partial charge on any atom is 0.303 e. The number of carboxylic acids is 1. The molecular weight excluding hydrogens is 300 g/mol. The number of aliphatic carboxylic acids is 1. The highest BCUT2D eigenvalue weighted by molar-refractivity contribution is 5.66. The molecule has 0 amide bonds. The smallest absolute Gasteiger partial charge is 0.303 e. The Balaban J connectivity index is 1.72. The van der Waals surface area contributed by atoms with Gasteiger partial charge in [-0.15, -0.1) is 0 Å². The average Bonchev–Trinajstić information content (AvgIpc) is 3.15. The molecule has 0 unspecified atom stereocenters. The van der Waals surface area contributed by atoms with Crippen molar-refractivity contribution in [2.75, 3.05) is 0 Å². The number of hydrogen-bond donors (Lipinski definition) is 1. The highest BCUT2D eigenvalue weighted by Gasteiger charge is 2.46. The second-order valence-electron chi connectivity index (χ2n) is 7.29. The molecule has 2 saturated heterocycles. The second kappa shape index (κ2) is 10.7. The van der Waals surface area contributed by atoms with Gasteiger partial charge in [0.1, 0.15) is 0 Å². The molecule has 24 heavy (non-hydrogen) atoms. The van der Waals surface area contributed by atoms with Crippen LogP contribution < -0.4 is 0 Å². The van der Waals surface area contributed by atoms with E-state index in [9.17, 15) is 4.79 Å². The van der Waals surface area contributed by atoms with Crippen LogP contribution in [0, 0.1) is 11.8 Å². The summed E-state index contributed by atoms with van der Waals surface area (Å²) in [5, 5.41) is 8.66. The Kier molecular flexibility index (Phi) is 8.58. The first-order chi connectivity index (χ1) is 11.7. The Morgan fingerprint density at radius 1 is 0.958 bits per heavy atom. The fraction of sp³-hybridized carbons (Fsp3) is 0.762. The van der Waals surface area contributed by atoms with Crippen LogP contribution in [0.5, 0.6) is 0 Å². The quantitative estimate of drug-likeness (QED) is 0.378. The number of hydrogen-bond acceptors (Lipinski definition) is 2. The van der Waals surface area contributed by atoms with E-state index in [1.807, 2.05) is 0 Å². The molecule has 136 valence electrons.